The fraction of sp³-hybridized carbons (Fsp3) is 0.263. The number of amides is 1. The summed E-state index contributed by atoms with van der Waals surface area (Å²) in [7, 11) is 1.69. The van der Waals surface area contributed by atoms with E-state index >= 15 is 0 Å². The van der Waals surface area contributed by atoms with Crippen molar-refractivity contribution < 1.29 is 14.3 Å². The van der Waals surface area contributed by atoms with Crippen LogP contribution in [0.5, 0.6) is 5.75 Å². The number of hydrogen-bond donors (Lipinski definition) is 2. The molecule has 0 saturated heterocycles. The molecule has 0 radical (unpaired) electrons. The molecular formula is C19H21N3O3. The summed E-state index contributed by atoms with van der Waals surface area (Å²) in [4.78, 5) is 10.2. The lowest BCUT2D eigenvalue weighted by atomic mass is 10.1. The van der Waals surface area contributed by atoms with Crippen LogP contribution in [0.2, 0.25) is 0 Å². The summed E-state index contributed by atoms with van der Waals surface area (Å²) >= 11 is 0. The van der Waals surface area contributed by atoms with Gasteiger partial charge in [-0.3, -0.25) is 9.89 Å². The van der Waals surface area contributed by atoms with Gasteiger partial charge in [0.25, 0.3) is 0 Å². The lowest BCUT2D eigenvalue weighted by Crippen LogP contribution is -2.14. The summed E-state index contributed by atoms with van der Waals surface area (Å²) < 4.78 is 11.0. The van der Waals surface area contributed by atoms with E-state index in [-0.39, 0.29) is 0 Å². The lowest BCUT2D eigenvalue weighted by Gasteiger charge is -2.07. The van der Waals surface area contributed by atoms with E-state index in [1.807, 2.05) is 36.4 Å². The first kappa shape index (κ1) is 17.0. The van der Waals surface area contributed by atoms with Crippen molar-refractivity contribution in [2.75, 3.05) is 20.3 Å². The molecule has 0 aliphatic heterocycles. The summed E-state index contributed by atoms with van der Waals surface area (Å²) in [6.45, 7) is 1.72. The van der Waals surface area contributed by atoms with Crippen LogP contribution in [-0.2, 0) is 16.1 Å². The van der Waals surface area contributed by atoms with Crippen LogP contribution in [0, 0.1) is 0 Å². The molecule has 1 aromatic heterocycles. The van der Waals surface area contributed by atoms with Gasteiger partial charge in [-0.2, -0.15) is 5.10 Å². The SMILES string of the molecule is COCc1cccc(-c2n[nH]c3ccc(OCCCNC=O)cc23)c1. The van der Waals surface area contributed by atoms with Crippen LogP contribution in [-0.4, -0.2) is 36.9 Å². The number of benzene rings is 2. The van der Waals surface area contributed by atoms with Gasteiger partial charge < -0.3 is 14.8 Å². The van der Waals surface area contributed by atoms with E-state index < -0.39 is 0 Å². The second kappa shape index (κ2) is 8.30. The molecular weight excluding hydrogens is 318 g/mol. The van der Waals surface area contributed by atoms with Crippen LogP contribution in [0.3, 0.4) is 0 Å². The van der Waals surface area contributed by atoms with Crippen LogP contribution in [0.1, 0.15) is 12.0 Å². The molecule has 6 nitrogen and oxygen atoms in total. The zero-order valence-electron chi connectivity index (χ0n) is 14.1. The van der Waals surface area contributed by atoms with Crippen LogP contribution in [0.15, 0.2) is 42.5 Å². The molecule has 0 bridgehead atoms. The maximum atomic E-state index is 10.2. The number of rotatable bonds is 9. The molecule has 3 aromatic rings. The second-order valence-corrected chi connectivity index (χ2v) is 5.69. The third-order valence-electron chi connectivity index (χ3n) is 3.86. The summed E-state index contributed by atoms with van der Waals surface area (Å²) in [5.74, 6) is 0.786. The molecule has 25 heavy (non-hydrogen) atoms. The van der Waals surface area contributed by atoms with E-state index in [4.69, 9.17) is 9.47 Å². The van der Waals surface area contributed by atoms with Crippen molar-refractivity contribution in [3.05, 3.63) is 48.0 Å². The average molecular weight is 339 g/mol. The smallest absolute Gasteiger partial charge is 0.207 e. The summed E-state index contributed by atoms with van der Waals surface area (Å²) in [6.07, 6.45) is 1.45. The van der Waals surface area contributed by atoms with Gasteiger partial charge in [0.05, 0.1) is 18.7 Å². The highest BCUT2D eigenvalue weighted by atomic mass is 16.5. The number of nitrogens with zero attached hydrogens (tertiary/aromatic N) is 1. The van der Waals surface area contributed by atoms with E-state index in [9.17, 15) is 4.79 Å². The number of aromatic amines is 1. The van der Waals surface area contributed by atoms with E-state index in [0.29, 0.717) is 26.2 Å². The van der Waals surface area contributed by atoms with Gasteiger partial charge >= 0.3 is 0 Å². The van der Waals surface area contributed by atoms with Gasteiger partial charge in [-0.25, -0.2) is 0 Å². The molecule has 0 atom stereocenters. The van der Waals surface area contributed by atoms with Crippen molar-refractivity contribution >= 4 is 17.3 Å². The van der Waals surface area contributed by atoms with E-state index in [0.717, 1.165) is 39.9 Å². The Morgan fingerprint density at radius 3 is 3.00 bits per heavy atom. The molecule has 3 rings (SSSR count). The number of aromatic nitrogens is 2. The first-order chi connectivity index (χ1) is 12.3. The minimum Gasteiger partial charge on any atom is -0.494 e. The van der Waals surface area contributed by atoms with E-state index in [2.05, 4.69) is 21.6 Å². The minimum absolute atomic E-state index is 0.544. The van der Waals surface area contributed by atoms with Gasteiger partial charge in [0.1, 0.15) is 11.4 Å². The number of ether oxygens (including phenoxy) is 2. The molecule has 0 unspecified atom stereocenters. The fourth-order valence-corrected chi connectivity index (χ4v) is 2.70. The van der Waals surface area contributed by atoms with Crippen molar-refractivity contribution in [2.24, 2.45) is 0 Å². The highest BCUT2D eigenvalue weighted by Crippen LogP contribution is 2.29. The highest BCUT2D eigenvalue weighted by molar-refractivity contribution is 5.93. The van der Waals surface area contributed by atoms with Crippen LogP contribution in [0.4, 0.5) is 0 Å². The minimum atomic E-state index is 0.544. The standard InChI is InChI=1S/C19H21N3O3/c1-24-12-14-4-2-5-15(10-14)19-17-11-16(6-7-18(17)21-22-19)25-9-3-8-20-13-23/h2,4-7,10-11,13H,3,8-9,12H2,1H3,(H,20,23)(H,21,22). The first-order valence-electron chi connectivity index (χ1n) is 8.18. The van der Waals surface area contributed by atoms with Gasteiger partial charge in [0.2, 0.25) is 6.41 Å². The van der Waals surface area contributed by atoms with Gasteiger partial charge in [-0.15, -0.1) is 0 Å². The Labute approximate surface area is 146 Å². The normalized spacial score (nSPS) is 10.8. The molecule has 1 amide bonds. The zero-order chi connectivity index (χ0) is 17.5. The largest absolute Gasteiger partial charge is 0.494 e. The van der Waals surface area contributed by atoms with Gasteiger partial charge in [-0.05, 0) is 36.2 Å². The van der Waals surface area contributed by atoms with Gasteiger partial charge in [0.15, 0.2) is 0 Å². The summed E-state index contributed by atoms with van der Waals surface area (Å²) in [5, 5.41) is 11.2. The topological polar surface area (TPSA) is 76.2 Å². The molecule has 0 saturated carbocycles. The molecule has 0 spiro atoms. The maximum absolute atomic E-state index is 10.2. The van der Waals surface area contributed by atoms with E-state index in [1.165, 1.54) is 0 Å². The zero-order valence-corrected chi connectivity index (χ0v) is 14.1. The first-order valence-corrected chi connectivity index (χ1v) is 8.18. The van der Waals surface area contributed by atoms with Crippen molar-refractivity contribution in [3.8, 4) is 17.0 Å². The monoisotopic (exact) mass is 339 g/mol. The number of H-pyrrole nitrogens is 1. The summed E-state index contributed by atoms with van der Waals surface area (Å²) in [6, 6.07) is 14.0. The molecule has 6 heteroatoms. The molecule has 0 aliphatic rings. The lowest BCUT2D eigenvalue weighted by molar-refractivity contribution is -0.109. The molecule has 2 N–H and O–H groups in total. The molecule has 130 valence electrons. The molecule has 0 aliphatic carbocycles. The van der Waals surface area contributed by atoms with Crippen LogP contribution in [0.25, 0.3) is 22.2 Å². The number of carbonyl (C=O) groups is 1. The van der Waals surface area contributed by atoms with Crippen molar-refractivity contribution in [1.29, 1.82) is 0 Å². The van der Waals surface area contributed by atoms with Gasteiger partial charge in [0, 0.05) is 24.6 Å². The molecule has 1 heterocycles. The highest BCUT2D eigenvalue weighted by Gasteiger charge is 2.10. The Balaban J connectivity index is 1.81. The quantitative estimate of drug-likeness (QED) is 0.464. The Kier molecular flexibility index (Phi) is 5.64. The van der Waals surface area contributed by atoms with E-state index in [1.54, 1.807) is 7.11 Å². The number of carbonyl (C=O) groups excluding carboxylic acids is 1. The number of nitrogens with one attached hydrogen (secondary N) is 2. The van der Waals surface area contributed by atoms with Crippen molar-refractivity contribution in [1.82, 2.24) is 15.5 Å². The Morgan fingerprint density at radius 1 is 1.24 bits per heavy atom. The number of fused-ring (bicyclic) bond motifs is 1. The Bertz CT molecular complexity index is 845. The van der Waals surface area contributed by atoms with Crippen LogP contribution >= 0.6 is 0 Å². The van der Waals surface area contributed by atoms with Crippen molar-refractivity contribution in [2.45, 2.75) is 13.0 Å². The third-order valence-corrected chi connectivity index (χ3v) is 3.86. The number of hydrogen-bond acceptors (Lipinski definition) is 4. The third kappa shape index (κ3) is 4.16. The molecule has 0 fully saturated rings. The maximum Gasteiger partial charge on any atom is 0.207 e. The fourth-order valence-electron chi connectivity index (χ4n) is 2.70. The Hall–Kier alpha value is -2.86. The second-order valence-electron chi connectivity index (χ2n) is 5.69. The van der Waals surface area contributed by atoms with Gasteiger partial charge in [-0.1, -0.05) is 18.2 Å². The van der Waals surface area contributed by atoms with Crippen molar-refractivity contribution in [3.63, 3.8) is 0 Å². The average Bonchev–Trinajstić information content (AvgIpc) is 3.05. The predicted octanol–water partition coefficient (Wildman–Crippen LogP) is 2.89. The Morgan fingerprint density at radius 2 is 2.16 bits per heavy atom. The predicted molar refractivity (Wildman–Crippen MR) is 96.4 cm³/mol. The molecule has 2 aromatic carbocycles. The van der Waals surface area contributed by atoms with Crippen LogP contribution < -0.4 is 10.1 Å². The summed E-state index contributed by atoms with van der Waals surface area (Å²) in [5.41, 5.74) is 3.99. The number of methoxy groups -OCH3 is 1.